The maximum absolute atomic E-state index is 14.2. The van der Waals surface area contributed by atoms with Crippen LogP contribution in [0.1, 0.15) is 21.5 Å². The summed E-state index contributed by atoms with van der Waals surface area (Å²) >= 11 is 0. The van der Waals surface area contributed by atoms with Gasteiger partial charge in [-0.25, -0.2) is 4.79 Å². The van der Waals surface area contributed by atoms with Crippen molar-refractivity contribution in [2.75, 3.05) is 68.0 Å². The van der Waals surface area contributed by atoms with Gasteiger partial charge in [0.25, 0.3) is 5.91 Å². The number of hydrogen-bond donors (Lipinski definition) is 2. The summed E-state index contributed by atoms with van der Waals surface area (Å²) in [5.41, 5.74) is 3.85. The van der Waals surface area contributed by atoms with Crippen molar-refractivity contribution in [3.05, 3.63) is 89.5 Å². The third-order valence-electron chi connectivity index (χ3n) is 7.98. The molecular weight excluding hydrogens is 544 g/mol. The summed E-state index contributed by atoms with van der Waals surface area (Å²) in [5, 5.41) is 5.58. The third kappa shape index (κ3) is 7.10. The normalized spacial score (nSPS) is 17.7. The number of nitrogens with zero attached hydrogens (tertiary/aromatic N) is 4. The zero-order chi connectivity index (χ0) is 30.5. The molecule has 224 valence electrons. The second kappa shape index (κ2) is 13.2. The number of hydrogen-bond acceptors (Lipinski definition) is 6. The summed E-state index contributed by atoms with van der Waals surface area (Å²) in [6.07, 6.45) is 0. The van der Waals surface area contributed by atoms with Crippen LogP contribution in [-0.4, -0.2) is 92.3 Å². The molecule has 3 aromatic carbocycles. The maximum Gasteiger partial charge on any atom is 0.319 e. The highest BCUT2D eigenvalue weighted by atomic mass is 16.2. The monoisotopic (exact) mass is 582 g/mol. The predicted octanol–water partition coefficient (Wildman–Crippen LogP) is 3.30. The molecule has 5 rings (SSSR count). The van der Waals surface area contributed by atoms with Gasteiger partial charge in [0.15, 0.2) is 5.78 Å². The van der Waals surface area contributed by atoms with Crippen molar-refractivity contribution >= 4 is 40.7 Å². The van der Waals surface area contributed by atoms with Gasteiger partial charge < -0.3 is 25.3 Å². The van der Waals surface area contributed by atoms with Crippen molar-refractivity contribution in [1.82, 2.24) is 15.1 Å². The molecule has 1 fully saturated rings. The van der Waals surface area contributed by atoms with E-state index < -0.39 is 18.0 Å². The quantitative estimate of drug-likeness (QED) is 0.415. The summed E-state index contributed by atoms with van der Waals surface area (Å²) in [6, 6.07) is 20.0. The Morgan fingerprint density at radius 3 is 2.26 bits per heavy atom. The first-order valence-electron chi connectivity index (χ1n) is 14.5. The van der Waals surface area contributed by atoms with E-state index in [1.54, 1.807) is 47.4 Å². The Balaban J connectivity index is 1.46. The lowest BCUT2D eigenvalue weighted by molar-refractivity contribution is -0.121. The fraction of sp³-hybridized carbons (Fsp3) is 0.333. The van der Waals surface area contributed by atoms with Crippen LogP contribution in [0.15, 0.2) is 72.8 Å². The molecule has 10 heteroatoms. The van der Waals surface area contributed by atoms with E-state index in [0.717, 1.165) is 37.3 Å². The van der Waals surface area contributed by atoms with Gasteiger partial charge >= 0.3 is 6.03 Å². The number of carbonyl (C=O) groups excluding carboxylic acids is 4. The summed E-state index contributed by atoms with van der Waals surface area (Å²) in [6.45, 7) is 6.88. The van der Waals surface area contributed by atoms with Crippen molar-refractivity contribution in [3.8, 4) is 0 Å². The Morgan fingerprint density at radius 2 is 1.53 bits per heavy atom. The highest BCUT2D eigenvalue weighted by Gasteiger charge is 2.38. The van der Waals surface area contributed by atoms with E-state index in [9.17, 15) is 19.2 Å². The number of rotatable bonds is 7. The second-order valence-electron chi connectivity index (χ2n) is 11.3. The van der Waals surface area contributed by atoms with Crippen LogP contribution >= 0.6 is 0 Å². The van der Waals surface area contributed by atoms with Gasteiger partial charge in [0.2, 0.25) is 5.91 Å². The molecule has 3 aromatic rings. The smallest absolute Gasteiger partial charge is 0.319 e. The number of likely N-dealkylation sites (N-methyl/N-ethyl adjacent to an activating group) is 1. The number of nitrogens with one attached hydrogen (secondary N) is 2. The summed E-state index contributed by atoms with van der Waals surface area (Å²) in [4.78, 5) is 62.0. The molecule has 0 aromatic heterocycles. The average Bonchev–Trinajstić information content (AvgIpc) is 3.09. The molecule has 0 radical (unpaired) electrons. The fourth-order valence-electron chi connectivity index (χ4n) is 5.54. The highest BCUT2D eigenvalue weighted by molar-refractivity contribution is 6.13. The van der Waals surface area contributed by atoms with Crippen molar-refractivity contribution in [1.29, 1.82) is 0 Å². The molecule has 1 atom stereocenters. The molecule has 0 saturated carbocycles. The average molecular weight is 583 g/mol. The topological polar surface area (TPSA) is 105 Å². The molecule has 2 aliphatic rings. The van der Waals surface area contributed by atoms with Gasteiger partial charge in [0.05, 0.1) is 31.0 Å². The maximum atomic E-state index is 14.2. The van der Waals surface area contributed by atoms with Gasteiger partial charge in [-0.15, -0.1) is 0 Å². The molecule has 0 aliphatic carbocycles. The third-order valence-corrected chi connectivity index (χ3v) is 7.98. The van der Waals surface area contributed by atoms with Crippen molar-refractivity contribution in [2.45, 2.75) is 19.9 Å². The Morgan fingerprint density at radius 1 is 0.837 bits per heavy atom. The van der Waals surface area contributed by atoms with Gasteiger partial charge in [0.1, 0.15) is 6.04 Å². The molecule has 2 aliphatic heterocycles. The van der Waals surface area contributed by atoms with E-state index in [1.807, 2.05) is 44.2 Å². The number of aryl methyl sites for hydroxylation is 2. The molecule has 2 N–H and O–H groups in total. The molecule has 0 bridgehead atoms. The Hall–Kier alpha value is -4.54. The SMILES string of the molecule is Cc1cccc(NC(=O)NC2CN(C(=O)CN3CCN(C)CC3)c3ccccc3N(CC(=O)c3ccccc3C)C2=O)c1. The van der Waals surface area contributed by atoms with Gasteiger partial charge in [0, 0.05) is 37.4 Å². The first-order chi connectivity index (χ1) is 20.7. The molecule has 4 amide bonds. The van der Waals surface area contributed by atoms with Crippen LogP contribution in [-0.2, 0) is 9.59 Å². The van der Waals surface area contributed by atoms with Gasteiger partial charge in [-0.05, 0) is 56.3 Å². The Kier molecular flexibility index (Phi) is 9.18. The molecule has 2 heterocycles. The van der Waals surface area contributed by atoms with E-state index >= 15 is 0 Å². The zero-order valence-electron chi connectivity index (χ0n) is 24.9. The first kappa shape index (κ1) is 29.9. The van der Waals surface area contributed by atoms with Crippen molar-refractivity contribution < 1.29 is 19.2 Å². The summed E-state index contributed by atoms with van der Waals surface area (Å²) in [7, 11) is 2.06. The van der Waals surface area contributed by atoms with E-state index in [2.05, 4.69) is 27.5 Å². The van der Waals surface area contributed by atoms with Gasteiger partial charge in [-0.2, -0.15) is 0 Å². The van der Waals surface area contributed by atoms with Crippen molar-refractivity contribution in [2.24, 2.45) is 0 Å². The predicted molar refractivity (Wildman–Crippen MR) is 168 cm³/mol. The molecule has 1 saturated heterocycles. The molecule has 43 heavy (non-hydrogen) atoms. The molecular formula is C33H38N6O4. The number of Topliss-reactive ketones (excluding diaryl/α,β-unsaturated/α-hetero) is 1. The molecule has 1 unspecified atom stereocenters. The number of ketones is 1. The lowest BCUT2D eigenvalue weighted by Crippen LogP contribution is -2.55. The number of fused-ring (bicyclic) bond motifs is 1. The van der Waals surface area contributed by atoms with Gasteiger partial charge in [-0.1, -0.05) is 48.5 Å². The highest BCUT2D eigenvalue weighted by Crippen LogP contribution is 2.33. The first-order valence-corrected chi connectivity index (χ1v) is 14.5. The van der Waals surface area contributed by atoms with E-state index in [-0.39, 0.29) is 31.3 Å². The summed E-state index contributed by atoms with van der Waals surface area (Å²) < 4.78 is 0. The zero-order valence-corrected chi connectivity index (χ0v) is 24.9. The number of carbonyl (C=O) groups is 4. The fourth-order valence-corrected chi connectivity index (χ4v) is 5.54. The number of urea groups is 1. The van der Waals surface area contributed by atoms with E-state index in [1.165, 1.54) is 4.90 Å². The van der Waals surface area contributed by atoms with Crippen molar-refractivity contribution in [3.63, 3.8) is 0 Å². The number of amides is 4. The van der Waals surface area contributed by atoms with E-state index in [0.29, 0.717) is 22.6 Å². The minimum absolute atomic E-state index is 0.0707. The Labute approximate surface area is 252 Å². The van der Waals surface area contributed by atoms with Gasteiger partial charge in [-0.3, -0.25) is 19.3 Å². The number of para-hydroxylation sites is 2. The molecule has 0 spiro atoms. The summed E-state index contributed by atoms with van der Waals surface area (Å²) in [5.74, 6) is -0.882. The van der Waals surface area contributed by atoms with Crippen LogP contribution in [0.2, 0.25) is 0 Å². The van der Waals surface area contributed by atoms with E-state index in [4.69, 9.17) is 0 Å². The van der Waals surface area contributed by atoms with Crippen LogP contribution in [0.25, 0.3) is 0 Å². The standard InChI is InChI=1S/C33H38N6O4/c1-23-9-8-11-25(19-23)34-33(43)35-27-20-38(31(41)22-37-17-15-36(3)16-18-37)28-13-6-7-14-29(28)39(32(27)42)21-30(40)26-12-5-4-10-24(26)2/h4-14,19,27H,15-18,20-22H2,1-3H3,(H2,34,35,43). The number of benzene rings is 3. The van der Waals surface area contributed by atoms with Crippen LogP contribution in [0.4, 0.5) is 21.9 Å². The molecule has 10 nitrogen and oxygen atoms in total. The second-order valence-corrected chi connectivity index (χ2v) is 11.3. The number of anilines is 3. The Bertz CT molecular complexity index is 1520. The van der Waals surface area contributed by atoms with Crippen LogP contribution in [0, 0.1) is 13.8 Å². The number of piperazine rings is 1. The lowest BCUT2D eigenvalue weighted by Gasteiger charge is -2.33. The van der Waals surface area contributed by atoms with Crippen LogP contribution in [0.5, 0.6) is 0 Å². The van der Waals surface area contributed by atoms with Crippen LogP contribution < -0.4 is 20.4 Å². The minimum atomic E-state index is -1.10. The van der Waals surface area contributed by atoms with Crippen LogP contribution in [0.3, 0.4) is 0 Å². The largest absolute Gasteiger partial charge is 0.324 e. The lowest BCUT2D eigenvalue weighted by atomic mass is 10.0. The minimum Gasteiger partial charge on any atom is -0.324 e.